The highest BCUT2D eigenvalue weighted by Gasteiger charge is 2.40. The van der Waals surface area contributed by atoms with Crippen molar-refractivity contribution in [1.82, 2.24) is 0 Å². The van der Waals surface area contributed by atoms with Crippen LogP contribution in [0.5, 0.6) is 0 Å². The van der Waals surface area contributed by atoms with Gasteiger partial charge in [0.1, 0.15) is 5.82 Å². The van der Waals surface area contributed by atoms with Crippen molar-refractivity contribution >= 4 is 0 Å². The zero-order valence-electron chi connectivity index (χ0n) is 7.81. The summed E-state index contributed by atoms with van der Waals surface area (Å²) in [5.41, 5.74) is 7.77. The number of halogens is 1. The minimum atomic E-state index is -0.216. The molecule has 0 aromatic heterocycles. The minimum absolute atomic E-state index is 0.161. The summed E-state index contributed by atoms with van der Waals surface area (Å²) in [4.78, 5) is 0. The number of hydrogen-bond donors (Lipinski definition) is 1. The summed E-state index contributed by atoms with van der Waals surface area (Å²) < 4.78 is 13.1. The summed E-state index contributed by atoms with van der Waals surface area (Å²) in [6.45, 7) is 2.02. The van der Waals surface area contributed by atoms with Gasteiger partial charge in [-0.25, -0.2) is 4.39 Å². The summed E-state index contributed by atoms with van der Waals surface area (Å²) >= 11 is 0. The molecule has 0 amide bonds. The maximum absolute atomic E-state index is 13.1. The van der Waals surface area contributed by atoms with Gasteiger partial charge in [-0.1, -0.05) is 13.0 Å². The zero-order chi connectivity index (χ0) is 9.47. The van der Waals surface area contributed by atoms with E-state index in [1.807, 2.05) is 13.0 Å². The maximum atomic E-state index is 13.1. The molecule has 2 N–H and O–H groups in total. The van der Waals surface area contributed by atoms with Crippen LogP contribution in [0.2, 0.25) is 0 Å². The van der Waals surface area contributed by atoms with Gasteiger partial charge in [0.2, 0.25) is 0 Å². The van der Waals surface area contributed by atoms with E-state index in [-0.39, 0.29) is 11.4 Å². The molecule has 1 aromatic rings. The van der Waals surface area contributed by atoms with E-state index >= 15 is 0 Å². The second-order valence-electron chi connectivity index (χ2n) is 3.86. The van der Waals surface area contributed by atoms with Crippen molar-refractivity contribution in [3.8, 4) is 0 Å². The lowest BCUT2D eigenvalue weighted by Crippen LogP contribution is -2.19. The number of benzene rings is 1. The highest BCUT2D eigenvalue weighted by atomic mass is 19.1. The van der Waals surface area contributed by atoms with Crippen LogP contribution in [-0.4, -0.2) is 0 Å². The standard InChI is InChI=1S/C11H14FN/c1-2-8-5-9(7-10(12)6-8)11(13)3-4-11/h5-7H,2-4,13H2,1H3. The fourth-order valence-electron chi connectivity index (χ4n) is 1.57. The summed E-state index contributed by atoms with van der Waals surface area (Å²) in [5.74, 6) is -0.161. The molecule has 70 valence electrons. The van der Waals surface area contributed by atoms with Crippen molar-refractivity contribution < 1.29 is 4.39 Å². The van der Waals surface area contributed by atoms with E-state index in [9.17, 15) is 4.39 Å². The van der Waals surface area contributed by atoms with E-state index in [0.29, 0.717) is 0 Å². The minimum Gasteiger partial charge on any atom is -0.321 e. The Kier molecular flexibility index (Phi) is 1.88. The van der Waals surface area contributed by atoms with Crippen molar-refractivity contribution in [3.05, 3.63) is 35.1 Å². The SMILES string of the molecule is CCc1cc(F)cc(C2(N)CC2)c1. The van der Waals surface area contributed by atoms with E-state index in [2.05, 4.69) is 0 Å². The predicted octanol–water partition coefficient (Wildman–Crippen LogP) is 2.34. The van der Waals surface area contributed by atoms with Gasteiger partial charge in [0.25, 0.3) is 0 Å². The molecule has 1 aliphatic carbocycles. The third-order valence-corrected chi connectivity index (χ3v) is 2.73. The van der Waals surface area contributed by atoms with E-state index in [1.165, 1.54) is 0 Å². The Balaban J connectivity index is 2.40. The van der Waals surface area contributed by atoms with Crippen LogP contribution in [0.25, 0.3) is 0 Å². The first kappa shape index (κ1) is 8.70. The molecule has 0 radical (unpaired) electrons. The molecule has 1 aliphatic rings. The Morgan fingerprint density at radius 1 is 1.38 bits per heavy atom. The Hall–Kier alpha value is -0.890. The molecular weight excluding hydrogens is 165 g/mol. The quantitative estimate of drug-likeness (QED) is 0.740. The Morgan fingerprint density at radius 3 is 2.62 bits per heavy atom. The molecule has 0 saturated heterocycles. The molecule has 0 unspecified atom stereocenters. The second kappa shape index (κ2) is 2.81. The molecule has 0 spiro atoms. The average Bonchev–Trinajstić information content (AvgIpc) is 2.84. The van der Waals surface area contributed by atoms with Crippen LogP contribution >= 0.6 is 0 Å². The van der Waals surface area contributed by atoms with Gasteiger partial charge in [-0.05, 0) is 42.5 Å². The van der Waals surface area contributed by atoms with Crippen molar-refractivity contribution in [2.75, 3.05) is 0 Å². The second-order valence-corrected chi connectivity index (χ2v) is 3.86. The molecule has 0 aliphatic heterocycles. The van der Waals surface area contributed by atoms with Crippen LogP contribution in [0.4, 0.5) is 4.39 Å². The van der Waals surface area contributed by atoms with E-state index in [1.54, 1.807) is 12.1 Å². The summed E-state index contributed by atoms with van der Waals surface area (Å²) in [6.07, 6.45) is 2.83. The van der Waals surface area contributed by atoms with Crippen LogP contribution in [0.1, 0.15) is 30.9 Å². The number of nitrogens with two attached hydrogens (primary N) is 1. The third-order valence-electron chi connectivity index (χ3n) is 2.73. The van der Waals surface area contributed by atoms with Crippen LogP contribution in [-0.2, 0) is 12.0 Å². The number of rotatable bonds is 2. The van der Waals surface area contributed by atoms with Gasteiger partial charge in [0.15, 0.2) is 0 Å². The van der Waals surface area contributed by atoms with Crippen molar-refractivity contribution in [1.29, 1.82) is 0 Å². The summed E-state index contributed by atoms with van der Waals surface area (Å²) in [6, 6.07) is 5.16. The van der Waals surface area contributed by atoms with Gasteiger partial charge < -0.3 is 5.73 Å². The Labute approximate surface area is 77.8 Å². The molecule has 1 nitrogen and oxygen atoms in total. The van der Waals surface area contributed by atoms with E-state index in [4.69, 9.17) is 5.73 Å². The molecule has 1 saturated carbocycles. The third kappa shape index (κ3) is 1.59. The molecular formula is C11H14FN. The lowest BCUT2D eigenvalue weighted by atomic mass is 10.0. The van der Waals surface area contributed by atoms with Crippen LogP contribution in [0.15, 0.2) is 18.2 Å². The maximum Gasteiger partial charge on any atom is 0.123 e. The van der Waals surface area contributed by atoms with Gasteiger partial charge in [-0.3, -0.25) is 0 Å². The Morgan fingerprint density at radius 2 is 2.08 bits per heavy atom. The topological polar surface area (TPSA) is 26.0 Å². The molecule has 0 atom stereocenters. The van der Waals surface area contributed by atoms with Gasteiger partial charge >= 0.3 is 0 Å². The van der Waals surface area contributed by atoms with Crippen molar-refractivity contribution in [3.63, 3.8) is 0 Å². The van der Waals surface area contributed by atoms with Crippen LogP contribution in [0, 0.1) is 5.82 Å². The molecule has 0 heterocycles. The molecule has 2 heteroatoms. The molecule has 1 fully saturated rings. The first-order valence-electron chi connectivity index (χ1n) is 4.73. The first-order chi connectivity index (χ1) is 6.14. The Bertz CT molecular complexity index is 329. The molecule has 2 rings (SSSR count). The normalized spacial score (nSPS) is 18.7. The first-order valence-corrected chi connectivity index (χ1v) is 4.73. The van der Waals surface area contributed by atoms with Crippen LogP contribution < -0.4 is 5.73 Å². The van der Waals surface area contributed by atoms with Gasteiger partial charge in [0, 0.05) is 5.54 Å². The number of hydrogen-bond acceptors (Lipinski definition) is 1. The summed E-state index contributed by atoms with van der Waals surface area (Å²) in [5, 5.41) is 0. The molecule has 13 heavy (non-hydrogen) atoms. The smallest absolute Gasteiger partial charge is 0.123 e. The lowest BCUT2D eigenvalue weighted by molar-refractivity contribution is 0.615. The lowest BCUT2D eigenvalue weighted by Gasteiger charge is -2.10. The van der Waals surface area contributed by atoms with Crippen molar-refractivity contribution in [2.24, 2.45) is 5.73 Å². The zero-order valence-corrected chi connectivity index (χ0v) is 7.81. The average molecular weight is 179 g/mol. The van der Waals surface area contributed by atoms with Gasteiger partial charge in [0.05, 0.1) is 0 Å². The highest BCUT2D eigenvalue weighted by molar-refractivity contribution is 5.33. The van der Waals surface area contributed by atoms with Gasteiger partial charge in [-0.15, -0.1) is 0 Å². The van der Waals surface area contributed by atoms with E-state index in [0.717, 1.165) is 30.4 Å². The highest BCUT2D eigenvalue weighted by Crippen LogP contribution is 2.43. The van der Waals surface area contributed by atoms with Crippen LogP contribution in [0.3, 0.4) is 0 Å². The largest absolute Gasteiger partial charge is 0.321 e. The predicted molar refractivity (Wildman–Crippen MR) is 50.9 cm³/mol. The van der Waals surface area contributed by atoms with Crippen molar-refractivity contribution in [2.45, 2.75) is 31.7 Å². The summed E-state index contributed by atoms with van der Waals surface area (Å²) in [7, 11) is 0. The molecule has 1 aromatic carbocycles. The number of aryl methyl sites for hydroxylation is 1. The van der Waals surface area contributed by atoms with E-state index < -0.39 is 0 Å². The molecule has 0 bridgehead atoms. The fraction of sp³-hybridized carbons (Fsp3) is 0.455. The van der Waals surface area contributed by atoms with Gasteiger partial charge in [-0.2, -0.15) is 0 Å². The fourth-order valence-corrected chi connectivity index (χ4v) is 1.57. The monoisotopic (exact) mass is 179 g/mol.